The van der Waals surface area contributed by atoms with Gasteiger partial charge in [0.05, 0.1) is 19.8 Å². The van der Waals surface area contributed by atoms with Crippen LogP contribution in [-0.2, 0) is 16.0 Å². The number of thioether (sulfide) groups is 1. The van der Waals surface area contributed by atoms with Crippen molar-refractivity contribution in [2.75, 3.05) is 39.2 Å². The first kappa shape index (κ1) is 14.4. The van der Waals surface area contributed by atoms with E-state index in [1.165, 1.54) is 0 Å². The lowest BCUT2D eigenvalue weighted by Crippen LogP contribution is -2.12. The van der Waals surface area contributed by atoms with Gasteiger partial charge in [0.25, 0.3) is 0 Å². The molecule has 1 rings (SSSR count). The lowest BCUT2D eigenvalue weighted by atomic mass is 10.6. The second kappa shape index (κ2) is 8.46. The van der Waals surface area contributed by atoms with Crippen LogP contribution in [0.15, 0.2) is 5.16 Å². The minimum Gasteiger partial charge on any atom is -0.382 e. The molecule has 0 saturated carbocycles. The summed E-state index contributed by atoms with van der Waals surface area (Å²) in [4.78, 5) is 0. The maximum atomic E-state index is 5.54. The molecular weight excluding hydrogens is 240 g/mol. The van der Waals surface area contributed by atoms with Crippen molar-refractivity contribution < 1.29 is 9.47 Å². The van der Waals surface area contributed by atoms with E-state index in [9.17, 15) is 0 Å². The molecule has 1 heterocycles. The van der Waals surface area contributed by atoms with Crippen molar-refractivity contribution in [2.45, 2.75) is 18.6 Å². The van der Waals surface area contributed by atoms with E-state index in [1.807, 2.05) is 11.5 Å². The molecule has 0 aliphatic heterocycles. The molecule has 0 saturated heterocycles. The molecule has 2 N–H and O–H groups in total. The van der Waals surface area contributed by atoms with Crippen LogP contribution in [0, 0.1) is 6.92 Å². The SMILES string of the molecule is COCCOCCSc1nnc(C)n1CCN. The largest absolute Gasteiger partial charge is 0.382 e. The number of ether oxygens (including phenoxy) is 2. The number of hydrogen-bond donors (Lipinski definition) is 1. The standard InChI is InChI=1S/C10H20N4O2S/c1-9-12-13-10(14(9)4-3-11)17-8-7-16-6-5-15-2/h3-8,11H2,1-2H3. The third-order valence-corrected chi connectivity index (χ3v) is 3.08. The molecule has 0 aliphatic carbocycles. The zero-order valence-corrected chi connectivity index (χ0v) is 11.2. The van der Waals surface area contributed by atoms with Crippen molar-refractivity contribution in [1.82, 2.24) is 14.8 Å². The van der Waals surface area contributed by atoms with Crippen molar-refractivity contribution in [2.24, 2.45) is 5.73 Å². The first-order chi connectivity index (χ1) is 8.29. The molecule has 1 aromatic rings. The summed E-state index contributed by atoms with van der Waals surface area (Å²) >= 11 is 1.63. The third kappa shape index (κ3) is 5.03. The minimum absolute atomic E-state index is 0.594. The highest BCUT2D eigenvalue weighted by molar-refractivity contribution is 7.99. The van der Waals surface area contributed by atoms with Crippen LogP contribution in [0.4, 0.5) is 0 Å². The smallest absolute Gasteiger partial charge is 0.191 e. The van der Waals surface area contributed by atoms with Gasteiger partial charge in [-0.3, -0.25) is 0 Å². The molecular formula is C10H20N4O2S. The highest BCUT2D eigenvalue weighted by Gasteiger charge is 2.07. The van der Waals surface area contributed by atoms with Crippen molar-refractivity contribution >= 4 is 11.8 Å². The van der Waals surface area contributed by atoms with E-state index in [1.54, 1.807) is 18.9 Å². The topological polar surface area (TPSA) is 75.2 Å². The second-order valence-electron chi connectivity index (χ2n) is 3.42. The first-order valence-corrected chi connectivity index (χ1v) is 6.57. The Morgan fingerprint density at radius 3 is 2.82 bits per heavy atom. The van der Waals surface area contributed by atoms with E-state index in [0.29, 0.717) is 26.4 Å². The molecule has 1 aromatic heterocycles. The van der Waals surface area contributed by atoms with Crippen molar-refractivity contribution in [3.63, 3.8) is 0 Å². The minimum atomic E-state index is 0.594. The zero-order valence-electron chi connectivity index (χ0n) is 10.4. The molecule has 0 aromatic carbocycles. The van der Waals surface area contributed by atoms with Gasteiger partial charge < -0.3 is 19.8 Å². The molecule has 0 aliphatic rings. The second-order valence-corrected chi connectivity index (χ2v) is 4.49. The fourth-order valence-electron chi connectivity index (χ4n) is 1.29. The Morgan fingerprint density at radius 2 is 2.12 bits per heavy atom. The Hall–Kier alpha value is -0.630. The Bertz CT molecular complexity index is 319. The van der Waals surface area contributed by atoms with Gasteiger partial charge in [0.1, 0.15) is 5.82 Å². The molecule has 0 unspecified atom stereocenters. The van der Waals surface area contributed by atoms with Gasteiger partial charge in [-0.15, -0.1) is 10.2 Å². The summed E-state index contributed by atoms with van der Waals surface area (Å²) in [7, 11) is 1.66. The average Bonchev–Trinajstić information content (AvgIpc) is 2.66. The van der Waals surface area contributed by atoms with Gasteiger partial charge in [-0.05, 0) is 6.92 Å². The summed E-state index contributed by atoms with van der Waals surface area (Å²) in [6.45, 7) is 5.23. The number of rotatable bonds is 9. The fraction of sp³-hybridized carbons (Fsp3) is 0.800. The summed E-state index contributed by atoms with van der Waals surface area (Å²) in [5.41, 5.74) is 5.54. The Balaban J connectivity index is 2.26. The van der Waals surface area contributed by atoms with E-state index in [-0.39, 0.29) is 0 Å². The van der Waals surface area contributed by atoms with E-state index < -0.39 is 0 Å². The summed E-state index contributed by atoms with van der Waals surface area (Å²) in [6, 6.07) is 0. The molecule has 17 heavy (non-hydrogen) atoms. The summed E-state index contributed by atoms with van der Waals surface area (Å²) in [5.74, 6) is 1.75. The van der Waals surface area contributed by atoms with Crippen molar-refractivity contribution in [3.8, 4) is 0 Å². The number of aromatic nitrogens is 3. The van der Waals surface area contributed by atoms with Crippen LogP contribution < -0.4 is 5.73 Å². The van der Waals surface area contributed by atoms with Crippen LogP contribution in [0.5, 0.6) is 0 Å². The summed E-state index contributed by atoms with van der Waals surface area (Å²) < 4.78 is 12.3. The lowest BCUT2D eigenvalue weighted by molar-refractivity contribution is 0.0790. The molecule has 7 heteroatoms. The average molecular weight is 260 g/mol. The van der Waals surface area contributed by atoms with Crippen LogP contribution in [0.3, 0.4) is 0 Å². The Kier molecular flexibility index (Phi) is 7.18. The van der Waals surface area contributed by atoms with Gasteiger partial charge in [-0.25, -0.2) is 0 Å². The van der Waals surface area contributed by atoms with Crippen LogP contribution in [-0.4, -0.2) is 54.0 Å². The maximum absolute atomic E-state index is 5.54. The van der Waals surface area contributed by atoms with Gasteiger partial charge in [-0.1, -0.05) is 11.8 Å². The number of hydrogen-bond acceptors (Lipinski definition) is 6. The lowest BCUT2D eigenvalue weighted by Gasteiger charge is -2.06. The number of nitrogens with zero attached hydrogens (tertiary/aromatic N) is 3. The monoisotopic (exact) mass is 260 g/mol. The van der Waals surface area contributed by atoms with Gasteiger partial charge in [0.2, 0.25) is 0 Å². The van der Waals surface area contributed by atoms with E-state index in [2.05, 4.69) is 10.2 Å². The van der Waals surface area contributed by atoms with Crippen molar-refractivity contribution in [1.29, 1.82) is 0 Å². The molecule has 0 radical (unpaired) electrons. The van der Waals surface area contributed by atoms with Crippen LogP contribution >= 0.6 is 11.8 Å². The summed E-state index contributed by atoms with van der Waals surface area (Å²) in [5, 5.41) is 9.05. The maximum Gasteiger partial charge on any atom is 0.191 e. The highest BCUT2D eigenvalue weighted by Crippen LogP contribution is 2.15. The third-order valence-electron chi connectivity index (χ3n) is 2.15. The normalized spacial score (nSPS) is 11.0. The predicted octanol–water partition coefficient (Wildman–Crippen LogP) is 0.300. The van der Waals surface area contributed by atoms with E-state index in [4.69, 9.17) is 15.2 Å². The zero-order chi connectivity index (χ0) is 12.5. The van der Waals surface area contributed by atoms with Gasteiger partial charge >= 0.3 is 0 Å². The van der Waals surface area contributed by atoms with Crippen LogP contribution in [0.25, 0.3) is 0 Å². The highest BCUT2D eigenvalue weighted by atomic mass is 32.2. The molecule has 0 bridgehead atoms. The molecule has 0 spiro atoms. The number of methoxy groups -OCH3 is 1. The van der Waals surface area contributed by atoms with Gasteiger partial charge in [0, 0.05) is 26.0 Å². The molecule has 98 valence electrons. The Labute approximate surface area is 106 Å². The number of nitrogens with two attached hydrogens (primary N) is 1. The van der Waals surface area contributed by atoms with Crippen molar-refractivity contribution in [3.05, 3.63) is 5.82 Å². The molecule has 0 atom stereocenters. The summed E-state index contributed by atoms with van der Waals surface area (Å²) in [6.07, 6.45) is 0. The molecule has 0 amide bonds. The molecule has 6 nitrogen and oxygen atoms in total. The predicted molar refractivity (Wildman–Crippen MR) is 67.2 cm³/mol. The quantitative estimate of drug-likeness (QED) is 0.508. The molecule has 0 fully saturated rings. The van der Waals surface area contributed by atoms with E-state index >= 15 is 0 Å². The van der Waals surface area contributed by atoms with Gasteiger partial charge in [-0.2, -0.15) is 0 Å². The first-order valence-electron chi connectivity index (χ1n) is 5.59. The van der Waals surface area contributed by atoms with Crippen LogP contribution in [0.1, 0.15) is 5.82 Å². The number of aryl methyl sites for hydroxylation is 1. The van der Waals surface area contributed by atoms with Gasteiger partial charge in [0.15, 0.2) is 5.16 Å². The Morgan fingerprint density at radius 1 is 1.29 bits per heavy atom. The fourth-order valence-corrected chi connectivity index (χ4v) is 2.15. The van der Waals surface area contributed by atoms with E-state index in [0.717, 1.165) is 23.3 Å². The van der Waals surface area contributed by atoms with Crippen LogP contribution in [0.2, 0.25) is 0 Å².